The summed E-state index contributed by atoms with van der Waals surface area (Å²) in [6.45, 7) is 3.98. The number of anilines is 1. The van der Waals surface area contributed by atoms with Crippen LogP contribution >= 0.6 is 0 Å². The van der Waals surface area contributed by atoms with Crippen molar-refractivity contribution in [2.45, 2.75) is 20.0 Å². The molecule has 0 aliphatic carbocycles. The Hall–Kier alpha value is -2.37. The summed E-state index contributed by atoms with van der Waals surface area (Å²) in [5, 5.41) is 2.88. The molecule has 20 heavy (non-hydrogen) atoms. The van der Waals surface area contributed by atoms with E-state index >= 15 is 0 Å². The molecule has 1 N–H and O–H groups in total. The molecule has 0 aliphatic heterocycles. The number of nitrogens with zero attached hydrogens (tertiary/aromatic N) is 3. The highest BCUT2D eigenvalue weighted by atomic mass is 16.5. The summed E-state index contributed by atoms with van der Waals surface area (Å²) >= 11 is 0. The lowest BCUT2D eigenvalue weighted by atomic mass is 10.2. The van der Waals surface area contributed by atoms with E-state index in [1.807, 2.05) is 38.1 Å². The molecule has 0 aliphatic rings. The molecule has 0 spiro atoms. The van der Waals surface area contributed by atoms with Crippen molar-refractivity contribution in [1.82, 2.24) is 15.0 Å². The monoisotopic (exact) mass is 274 g/mol. The van der Waals surface area contributed by atoms with Crippen LogP contribution in [0, 0.1) is 0 Å². The second-order valence-corrected chi connectivity index (χ2v) is 4.41. The zero-order valence-electron chi connectivity index (χ0n) is 12.0. The van der Waals surface area contributed by atoms with Crippen LogP contribution in [0.2, 0.25) is 0 Å². The van der Waals surface area contributed by atoms with E-state index in [1.54, 1.807) is 7.05 Å². The Kier molecular flexibility index (Phi) is 4.34. The zero-order chi connectivity index (χ0) is 14.5. The summed E-state index contributed by atoms with van der Waals surface area (Å²) in [6.07, 6.45) is 0.147. The van der Waals surface area contributed by atoms with E-state index < -0.39 is 0 Å². The molecule has 106 valence electrons. The fourth-order valence-electron chi connectivity index (χ4n) is 1.64. The van der Waals surface area contributed by atoms with Crippen molar-refractivity contribution in [2.24, 2.45) is 0 Å². The van der Waals surface area contributed by atoms with Crippen LogP contribution in [0.3, 0.4) is 0 Å². The van der Waals surface area contributed by atoms with E-state index in [4.69, 9.17) is 9.47 Å². The molecule has 0 bridgehead atoms. The summed E-state index contributed by atoms with van der Waals surface area (Å²) in [4.78, 5) is 12.6. The number of benzene rings is 1. The van der Waals surface area contributed by atoms with E-state index in [0.29, 0.717) is 11.8 Å². The highest BCUT2D eigenvalue weighted by Gasteiger charge is 2.08. The average molecular weight is 274 g/mol. The Morgan fingerprint density at radius 1 is 1.05 bits per heavy atom. The third-order valence-electron chi connectivity index (χ3n) is 2.51. The van der Waals surface area contributed by atoms with Crippen molar-refractivity contribution in [2.75, 3.05) is 19.5 Å². The van der Waals surface area contributed by atoms with E-state index in [0.717, 1.165) is 11.3 Å². The lowest BCUT2D eigenvalue weighted by molar-refractivity contribution is 0.242. The van der Waals surface area contributed by atoms with E-state index in [2.05, 4.69) is 20.3 Å². The first-order chi connectivity index (χ1) is 9.62. The van der Waals surface area contributed by atoms with Gasteiger partial charge in [-0.25, -0.2) is 0 Å². The molecule has 0 radical (unpaired) electrons. The Bertz CT molecular complexity index is 548. The van der Waals surface area contributed by atoms with Gasteiger partial charge < -0.3 is 14.8 Å². The normalized spacial score (nSPS) is 10.4. The molecule has 0 unspecified atom stereocenters. The smallest absolute Gasteiger partial charge is 0.321 e. The fraction of sp³-hybridized carbons (Fsp3) is 0.357. The molecule has 2 aromatic rings. The van der Waals surface area contributed by atoms with Crippen molar-refractivity contribution < 1.29 is 9.47 Å². The highest BCUT2D eigenvalue weighted by molar-refractivity contribution is 5.57. The van der Waals surface area contributed by atoms with Gasteiger partial charge in [-0.2, -0.15) is 15.0 Å². The number of hydrogen-bond donors (Lipinski definition) is 1. The highest BCUT2D eigenvalue weighted by Crippen LogP contribution is 2.22. The van der Waals surface area contributed by atoms with Crippen molar-refractivity contribution in [3.05, 3.63) is 24.3 Å². The Labute approximate surface area is 118 Å². The second kappa shape index (κ2) is 6.18. The number of methoxy groups -OCH3 is 1. The van der Waals surface area contributed by atoms with Crippen LogP contribution in [0.25, 0.3) is 11.4 Å². The first kappa shape index (κ1) is 14.0. The minimum Gasteiger partial charge on any atom is -0.491 e. The predicted octanol–water partition coefficient (Wildman–Crippen LogP) is 2.38. The minimum absolute atomic E-state index is 0.147. The van der Waals surface area contributed by atoms with Gasteiger partial charge in [0.25, 0.3) is 0 Å². The molecule has 1 aromatic carbocycles. The summed E-state index contributed by atoms with van der Waals surface area (Å²) in [5.41, 5.74) is 0.873. The van der Waals surface area contributed by atoms with Crippen LogP contribution in [0.4, 0.5) is 5.95 Å². The number of nitrogens with one attached hydrogen (secondary N) is 1. The summed E-state index contributed by atoms with van der Waals surface area (Å²) in [7, 11) is 3.27. The molecule has 1 heterocycles. The van der Waals surface area contributed by atoms with Crippen LogP contribution in [-0.2, 0) is 0 Å². The lowest BCUT2D eigenvalue weighted by Crippen LogP contribution is -2.05. The molecular weight excluding hydrogens is 256 g/mol. The van der Waals surface area contributed by atoms with Gasteiger partial charge in [0.15, 0.2) is 5.82 Å². The van der Waals surface area contributed by atoms with E-state index in [9.17, 15) is 0 Å². The maximum Gasteiger partial charge on any atom is 0.321 e. The van der Waals surface area contributed by atoms with Crippen LogP contribution in [0.1, 0.15) is 13.8 Å². The molecule has 0 atom stereocenters. The van der Waals surface area contributed by atoms with E-state index in [1.165, 1.54) is 7.11 Å². The molecule has 6 heteroatoms. The molecule has 0 amide bonds. The Balaban J connectivity index is 2.31. The van der Waals surface area contributed by atoms with Crippen LogP contribution in [-0.4, -0.2) is 35.2 Å². The standard InChI is InChI=1S/C14H18N4O2/c1-9(2)20-11-7-5-10(6-8-11)12-16-13(15-3)18-14(17-12)19-4/h5-9H,1-4H3,(H,15,16,17,18). The van der Waals surface area contributed by atoms with Crippen molar-refractivity contribution in [3.63, 3.8) is 0 Å². The van der Waals surface area contributed by atoms with Crippen molar-refractivity contribution >= 4 is 5.95 Å². The first-order valence-electron chi connectivity index (χ1n) is 6.37. The summed E-state index contributed by atoms with van der Waals surface area (Å²) in [5.74, 6) is 1.84. The van der Waals surface area contributed by atoms with Gasteiger partial charge in [-0.15, -0.1) is 0 Å². The zero-order valence-corrected chi connectivity index (χ0v) is 12.0. The first-order valence-corrected chi connectivity index (χ1v) is 6.37. The molecule has 6 nitrogen and oxygen atoms in total. The SMILES string of the molecule is CNc1nc(OC)nc(-c2ccc(OC(C)C)cc2)n1. The fourth-order valence-corrected chi connectivity index (χ4v) is 1.64. The quantitative estimate of drug-likeness (QED) is 0.902. The number of ether oxygens (including phenoxy) is 2. The third kappa shape index (κ3) is 3.34. The second-order valence-electron chi connectivity index (χ2n) is 4.41. The lowest BCUT2D eigenvalue weighted by Gasteiger charge is -2.10. The van der Waals surface area contributed by atoms with Gasteiger partial charge in [0.1, 0.15) is 5.75 Å². The topological polar surface area (TPSA) is 69.2 Å². The molecule has 0 saturated carbocycles. The molecule has 1 aromatic heterocycles. The molecule has 0 fully saturated rings. The maximum atomic E-state index is 5.60. The Morgan fingerprint density at radius 2 is 1.75 bits per heavy atom. The van der Waals surface area contributed by atoms with Gasteiger partial charge >= 0.3 is 6.01 Å². The van der Waals surface area contributed by atoms with Gasteiger partial charge in [-0.3, -0.25) is 0 Å². The summed E-state index contributed by atoms with van der Waals surface area (Å²) < 4.78 is 10.7. The number of hydrogen-bond acceptors (Lipinski definition) is 6. The van der Waals surface area contributed by atoms with Crippen LogP contribution in [0.5, 0.6) is 11.8 Å². The average Bonchev–Trinajstić information content (AvgIpc) is 2.46. The molecule has 0 saturated heterocycles. The van der Waals surface area contributed by atoms with Gasteiger partial charge in [-0.1, -0.05) is 0 Å². The van der Waals surface area contributed by atoms with Gasteiger partial charge in [0, 0.05) is 12.6 Å². The van der Waals surface area contributed by atoms with Gasteiger partial charge in [-0.05, 0) is 38.1 Å². The number of aromatic nitrogens is 3. The molecular formula is C14H18N4O2. The largest absolute Gasteiger partial charge is 0.491 e. The summed E-state index contributed by atoms with van der Waals surface area (Å²) in [6, 6.07) is 7.88. The third-order valence-corrected chi connectivity index (χ3v) is 2.51. The van der Waals surface area contributed by atoms with Crippen molar-refractivity contribution in [1.29, 1.82) is 0 Å². The maximum absolute atomic E-state index is 5.60. The van der Waals surface area contributed by atoms with Gasteiger partial charge in [0.05, 0.1) is 13.2 Å². The number of rotatable bonds is 5. The predicted molar refractivity (Wildman–Crippen MR) is 77.1 cm³/mol. The molecule has 2 rings (SSSR count). The van der Waals surface area contributed by atoms with Gasteiger partial charge in [0.2, 0.25) is 5.95 Å². The van der Waals surface area contributed by atoms with E-state index in [-0.39, 0.29) is 12.1 Å². The van der Waals surface area contributed by atoms with Crippen molar-refractivity contribution in [3.8, 4) is 23.1 Å². The van der Waals surface area contributed by atoms with Crippen LogP contribution < -0.4 is 14.8 Å². The van der Waals surface area contributed by atoms with Crippen LogP contribution in [0.15, 0.2) is 24.3 Å². The minimum atomic E-state index is 0.147. The Morgan fingerprint density at radius 3 is 2.30 bits per heavy atom.